The van der Waals surface area contributed by atoms with E-state index in [9.17, 15) is 9.59 Å². The van der Waals surface area contributed by atoms with E-state index in [1.54, 1.807) is 4.90 Å². The Morgan fingerprint density at radius 2 is 1.90 bits per heavy atom. The topological polar surface area (TPSA) is 72.6 Å². The maximum Gasteiger partial charge on any atom is 0.328 e. The van der Waals surface area contributed by atoms with Crippen molar-refractivity contribution in [2.75, 3.05) is 7.11 Å². The number of aryl methyl sites for hydroxylation is 1. The number of benzene rings is 1. The number of amides is 1. The molecule has 1 aromatic heterocycles. The van der Waals surface area contributed by atoms with Crippen LogP contribution >= 0.6 is 0 Å². The summed E-state index contributed by atoms with van der Waals surface area (Å²) in [5.41, 5.74) is 3.52. The number of methoxy groups -OCH3 is 1. The van der Waals surface area contributed by atoms with Crippen molar-refractivity contribution >= 4 is 11.9 Å². The highest BCUT2D eigenvalue weighted by atomic mass is 16.5. The van der Waals surface area contributed by atoms with Gasteiger partial charge in [0.2, 0.25) is 0 Å². The Morgan fingerprint density at radius 1 is 1.17 bits per heavy atom. The highest BCUT2D eigenvalue weighted by Crippen LogP contribution is 2.39. The van der Waals surface area contributed by atoms with E-state index in [2.05, 4.69) is 25.9 Å². The molecule has 2 aliphatic rings. The summed E-state index contributed by atoms with van der Waals surface area (Å²) in [7, 11) is 1.36. The number of hydrogen-bond donors (Lipinski definition) is 0. The van der Waals surface area contributed by atoms with E-state index < -0.39 is 12.0 Å². The zero-order valence-electron chi connectivity index (χ0n) is 17.5. The second kappa shape index (κ2) is 7.32. The lowest BCUT2D eigenvalue weighted by molar-refractivity contribution is -0.146. The van der Waals surface area contributed by atoms with E-state index in [1.165, 1.54) is 7.11 Å². The predicted molar refractivity (Wildman–Crippen MR) is 107 cm³/mol. The van der Waals surface area contributed by atoms with Crippen LogP contribution in [0.4, 0.5) is 0 Å². The van der Waals surface area contributed by atoms with Gasteiger partial charge in [0.25, 0.3) is 5.91 Å². The molecule has 6 nitrogen and oxygen atoms in total. The third-order valence-electron chi connectivity index (χ3n) is 6.45. The fraction of sp³-hybridized carbons (Fsp3) is 0.522. The van der Waals surface area contributed by atoms with Gasteiger partial charge >= 0.3 is 5.97 Å². The fourth-order valence-electron chi connectivity index (χ4n) is 4.53. The maximum absolute atomic E-state index is 13.5. The SMILES string of the molecule is COC(=O)[C@H]1Cc2ccccc2CN1C(=O)c1noc2c1C[C@H](C(C)(C)C)CC2. The second-order valence-electron chi connectivity index (χ2n) is 9.18. The van der Waals surface area contributed by atoms with Crippen LogP contribution in [0, 0.1) is 11.3 Å². The van der Waals surface area contributed by atoms with Gasteiger partial charge in [-0.05, 0) is 35.3 Å². The third-order valence-corrected chi connectivity index (χ3v) is 6.45. The maximum atomic E-state index is 13.5. The van der Waals surface area contributed by atoms with Crippen LogP contribution in [-0.4, -0.2) is 35.1 Å². The number of nitrogens with zero attached hydrogens (tertiary/aromatic N) is 2. The quantitative estimate of drug-likeness (QED) is 0.726. The molecule has 0 fully saturated rings. The van der Waals surface area contributed by atoms with E-state index in [0.717, 1.165) is 41.7 Å². The molecule has 1 aliphatic heterocycles. The normalized spacial score (nSPS) is 21.3. The largest absolute Gasteiger partial charge is 0.467 e. The monoisotopic (exact) mass is 396 g/mol. The standard InChI is InChI=1S/C23H28N2O4/c1-23(2,3)16-9-10-19-17(12-16)20(24-29-19)21(26)25-13-15-8-6-5-7-14(15)11-18(25)22(27)28-4/h5-8,16,18H,9-13H2,1-4H3/t16-,18-/m1/s1. The Kier molecular flexibility index (Phi) is 4.97. The lowest BCUT2D eigenvalue weighted by atomic mass is 9.71. The summed E-state index contributed by atoms with van der Waals surface area (Å²) < 4.78 is 10.5. The molecule has 1 aromatic carbocycles. The number of carbonyl (C=O) groups excluding carboxylic acids is 2. The summed E-state index contributed by atoms with van der Waals surface area (Å²) in [6.07, 6.45) is 3.04. The highest BCUT2D eigenvalue weighted by molar-refractivity contribution is 5.97. The molecule has 2 aromatic rings. The molecule has 2 heterocycles. The lowest BCUT2D eigenvalue weighted by Gasteiger charge is -2.35. The summed E-state index contributed by atoms with van der Waals surface area (Å²) in [6.45, 7) is 7.05. The summed E-state index contributed by atoms with van der Waals surface area (Å²) in [6, 6.07) is 7.24. The molecule has 4 rings (SSSR count). The minimum absolute atomic E-state index is 0.147. The van der Waals surface area contributed by atoms with Crippen molar-refractivity contribution in [1.29, 1.82) is 0 Å². The Hall–Kier alpha value is -2.63. The molecule has 0 saturated heterocycles. The van der Waals surface area contributed by atoms with Crippen LogP contribution in [0.1, 0.15) is 60.1 Å². The van der Waals surface area contributed by atoms with E-state index in [0.29, 0.717) is 24.6 Å². The molecule has 2 atom stereocenters. The fourth-order valence-corrected chi connectivity index (χ4v) is 4.53. The third kappa shape index (κ3) is 3.56. The Morgan fingerprint density at radius 3 is 2.59 bits per heavy atom. The number of hydrogen-bond acceptors (Lipinski definition) is 5. The van der Waals surface area contributed by atoms with Crippen LogP contribution in [0.15, 0.2) is 28.8 Å². The van der Waals surface area contributed by atoms with E-state index in [1.807, 2.05) is 24.3 Å². The zero-order valence-corrected chi connectivity index (χ0v) is 17.5. The van der Waals surface area contributed by atoms with Crippen LogP contribution in [0.2, 0.25) is 0 Å². The molecular weight excluding hydrogens is 368 g/mol. The van der Waals surface area contributed by atoms with E-state index in [-0.39, 0.29) is 11.3 Å². The van der Waals surface area contributed by atoms with Gasteiger partial charge in [-0.1, -0.05) is 50.2 Å². The van der Waals surface area contributed by atoms with Crippen LogP contribution in [0.5, 0.6) is 0 Å². The van der Waals surface area contributed by atoms with Crippen LogP contribution in [0.25, 0.3) is 0 Å². The first-order valence-corrected chi connectivity index (χ1v) is 10.2. The first-order valence-electron chi connectivity index (χ1n) is 10.2. The van der Waals surface area contributed by atoms with Gasteiger partial charge in [-0.2, -0.15) is 0 Å². The van der Waals surface area contributed by atoms with Gasteiger partial charge in [0.1, 0.15) is 11.8 Å². The van der Waals surface area contributed by atoms with Gasteiger partial charge in [0.05, 0.1) is 7.11 Å². The highest BCUT2D eigenvalue weighted by Gasteiger charge is 2.40. The summed E-state index contributed by atoms with van der Waals surface area (Å²) in [5, 5.41) is 4.15. The molecule has 29 heavy (non-hydrogen) atoms. The van der Waals surface area contributed by atoms with Crippen molar-refractivity contribution < 1.29 is 18.8 Å². The number of ether oxygens (including phenoxy) is 1. The average Bonchev–Trinajstić information content (AvgIpc) is 3.14. The molecule has 0 bridgehead atoms. The molecule has 6 heteroatoms. The Labute approximate surface area is 171 Å². The van der Waals surface area contributed by atoms with Gasteiger partial charge in [-0.25, -0.2) is 4.79 Å². The molecule has 0 unspecified atom stereocenters. The Bertz CT molecular complexity index is 941. The van der Waals surface area contributed by atoms with Gasteiger partial charge < -0.3 is 14.2 Å². The first kappa shape index (κ1) is 19.7. The van der Waals surface area contributed by atoms with Gasteiger partial charge in [-0.15, -0.1) is 0 Å². The van der Waals surface area contributed by atoms with E-state index >= 15 is 0 Å². The van der Waals surface area contributed by atoms with Crippen LogP contribution in [0.3, 0.4) is 0 Å². The number of fused-ring (bicyclic) bond motifs is 2. The average molecular weight is 396 g/mol. The zero-order chi connectivity index (χ0) is 20.8. The molecule has 154 valence electrons. The minimum atomic E-state index is -0.656. The number of rotatable bonds is 2. The van der Waals surface area contributed by atoms with Crippen molar-refractivity contribution in [2.45, 2.75) is 59.0 Å². The minimum Gasteiger partial charge on any atom is -0.467 e. The van der Waals surface area contributed by atoms with Gasteiger partial charge in [0.15, 0.2) is 5.69 Å². The van der Waals surface area contributed by atoms with Crippen molar-refractivity contribution in [1.82, 2.24) is 10.1 Å². The van der Waals surface area contributed by atoms with Crippen molar-refractivity contribution in [3.05, 3.63) is 52.4 Å². The molecular formula is C23H28N2O4. The summed E-state index contributed by atoms with van der Waals surface area (Å²) >= 11 is 0. The molecule has 1 aliphatic carbocycles. The second-order valence-corrected chi connectivity index (χ2v) is 9.18. The summed E-state index contributed by atoms with van der Waals surface area (Å²) in [5.74, 6) is 0.604. The number of carbonyl (C=O) groups is 2. The van der Waals surface area contributed by atoms with Crippen molar-refractivity contribution in [3.8, 4) is 0 Å². The van der Waals surface area contributed by atoms with Gasteiger partial charge in [-0.3, -0.25) is 4.79 Å². The van der Waals surface area contributed by atoms with Crippen LogP contribution in [-0.2, 0) is 35.3 Å². The van der Waals surface area contributed by atoms with E-state index in [4.69, 9.17) is 9.26 Å². The molecule has 0 radical (unpaired) electrons. The Balaban J connectivity index is 1.67. The van der Waals surface area contributed by atoms with Crippen molar-refractivity contribution in [3.63, 3.8) is 0 Å². The first-order chi connectivity index (χ1) is 13.8. The summed E-state index contributed by atoms with van der Waals surface area (Å²) in [4.78, 5) is 27.6. The predicted octanol–water partition coefficient (Wildman–Crippen LogP) is 3.57. The van der Waals surface area contributed by atoms with Crippen LogP contribution < -0.4 is 0 Å². The molecule has 0 spiro atoms. The lowest BCUT2D eigenvalue weighted by Crippen LogP contribution is -2.49. The molecule has 1 amide bonds. The number of esters is 1. The molecule has 0 saturated carbocycles. The number of aromatic nitrogens is 1. The van der Waals surface area contributed by atoms with Gasteiger partial charge in [0, 0.05) is 24.9 Å². The molecule has 0 N–H and O–H groups in total. The van der Waals surface area contributed by atoms with Crippen molar-refractivity contribution in [2.24, 2.45) is 11.3 Å². The smallest absolute Gasteiger partial charge is 0.328 e.